The van der Waals surface area contributed by atoms with Gasteiger partial charge in [-0.25, -0.2) is 0 Å². The number of para-hydroxylation sites is 1. The smallest absolute Gasteiger partial charge is 0.333 e. The molecule has 0 spiro atoms. The number of hydrogen-bond donors (Lipinski definition) is 0. The number of aryl methyl sites for hydroxylation is 3. The molecule has 0 radical (unpaired) electrons. The second-order valence-corrected chi connectivity index (χ2v) is 28.1. The topological polar surface area (TPSA) is 22.9 Å². The molecule has 0 saturated heterocycles. The molecular weight excluding hydrogens is 1020 g/mol. The van der Waals surface area contributed by atoms with Gasteiger partial charge in [-0.15, -0.1) is 0 Å². The van der Waals surface area contributed by atoms with Crippen molar-refractivity contribution in [3.63, 3.8) is 0 Å². The minimum atomic E-state index is -0.303. The van der Waals surface area contributed by atoms with Gasteiger partial charge in [-0.3, -0.25) is 0 Å². The quantitative estimate of drug-likeness (QED) is 0.148. The molecule has 10 aromatic carbocycles. The van der Waals surface area contributed by atoms with Gasteiger partial charge in [0, 0.05) is 61.7 Å². The van der Waals surface area contributed by atoms with Crippen molar-refractivity contribution in [2.75, 3.05) is 14.6 Å². The lowest BCUT2D eigenvalue weighted by Crippen LogP contribution is -2.61. The summed E-state index contributed by atoms with van der Waals surface area (Å²) >= 11 is 0. The number of anilines is 8. The Kier molecular flexibility index (Phi) is 12.9. The van der Waals surface area contributed by atoms with Crippen molar-refractivity contribution in [2.45, 2.75) is 126 Å². The second-order valence-electron chi connectivity index (χ2n) is 28.1. The van der Waals surface area contributed by atoms with E-state index in [1.807, 2.05) is 0 Å². The highest BCUT2D eigenvalue weighted by Gasteiger charge is 2.47. The fraction of sp³-hybridized carbons (Fsp3) is 0.241. The number of furan rings is 1. The van der Waals surface area contributed by atoms with Crippen LogP contribution in [-0.2, 0) is 21.7 Å². The van der Waals surface area contributed by atoms with Crippen LogP contribution in [0.2, 0.25) is 0 Å². The standard InChI is InChI=1S/C79H78BN3O/c1-49-43-50(2)72(51(3)44-49)53-45-65-62-39-38-61(81(58-32-25-54(26-33-58)76(4,5)6)59-34-27-55(28-35-59)77(7,8)9)48-68(62)83(60-36-29-56(30-37-60)78(10,11)12)80-74(65)69(46-53)82(67-41-42-71-73(75(67)80)63-23-19-20-24-70(63)84-71)66-40-31-57(79(13,14)15)47-64(66)52-21-17-16-18-22-52/h16-48H,1-15H3. The summed E-state index contributed by atoms with van der Waals surface area (Å²) in [7, 11) is 0. The van der Waals surface area contributed by atoms with E-state index >= 15 is 0 Å². The van der Waals surface area contributed by atoms with Gasteiger partial charge in [-0.1, -0.05) is 198 Å². The van der Waals surface area contributed by atoms with Crippen LogP contribution in [0.5, 0.6) is 0 Å². The zero-order valence-electron chi connectivity index (χ0n) is 51.9. The van der Waals surface area contributed by atoms with Crippen LogP contribution < -0.4 is 25.5 Å². The molecule has 0 aliphatic carbocycles. The van der Waals surface area contributed by atoms with E-state index in [2.05, 4.69) is 319 Å². The molecule has 0 N–H and O–H groups in total. The SMILES string of the molecule is Cc1cc(C)c(-c2cc3c4c(c2)N(c2ccc(C(C)(C)C)cc2-c2ccccc2)c2ccc5oc6ccccc6c5c2B4N(c2ccc(C(C)(C)C)cc2)c2cc(N(c4ccc(C(C)(C)C)cc4)c4ccc(C(C)(C)C)cc4)ccc2-3)c(C)c1. The first kappa shape index (κ1) is 54.7. The van der Waals surface area contributed by atoms with Gasteiger partial charge in [-0.2, -0.15) is 0 Å². The summed E-state index contributed by atoms with van der Waals surface area (Å²) in [5, 5.41) is 2.24. The maximum atomic E-state index is 6.97. The van der Waals surface area contributed by atoms with Crippen LogP contribution in [-0.4, -0.2) is 6.85 Å². The Morgan fingerprint density at radius 2 is 0.917 bits per heavy atom. The van der Waals surface area contributed by atoms with Gasteiger partial charge in [0.15, 0.2) is 0 Å². The average molecular weight is 1100 g/mol. The Morgan fingerprint density at radius 1 is 0.381 bits per heavy atom. The zero-order valence-corrected chi connectivity index (χ0v) is 51.9. The molecule has 11 aromatic rings. The molecule has 418 valence electrons. The lowest BCUT2D eigenvalue weighted by atomic mass is 9.42. The molecule has 0 bridgehead atoms. The van der Waals surface area contributed by atoms with E-state index in [1.165, 1.54) is 83.3 Å². The molecule has 0 fully saturated rings. The van der Waals surface area contributed by atoms with Gasteiger partial charge in [0.1, 0.15) is 11.2 Å². The van der Waals surface area contributed by atoms with Gasteiger partial charge in [0.2, 0.25) is 0 Å². The molecule has 13 rings (SSSR count). The van der Waals surface area contributed by atoms with Crippen LogP contribution in [0.3, 0.4) is 0 Å². The van der Waals surface area contributed by atoms with Gasteiger partial charge in [-0.05, 0) is 200 Å². The highest BCUT2D eigenvalue weighted by molar-refractivity contribution is 6.95. The molecule has 0 amide bonds. The molecular formula is C79H78BN3O. The zero-order chi connectivity index (χ0) is 58.9. The van der Waals surface area contributed by atoms with Gasteiger partial charge < -0.3 is 19.0 Å². The third kappa shape index (κ3) is 9.32. The van der Waals surface area contributed by atoms with Crippen molar-refractivity contribution in [3.05, 3.63) is 239 Å². The third-order valence-corrected chi connectivity index (χ3v) is 17.9. The molecule has 5 heteroatoms. The monoisotopic (exact) mass is 1100 g/mol. The Bertz CT molecular complexity index is 4290. The third-order valence-electron chi connectivity index (χ3n) is 17.9. The Hall–Kier alpha value is -8.54. The first-order valence-corrected chi connectivity index (χ1v) is 30.2. The molecule has 1 aromatic heterocycles. The van der Waals surface area contributed by atoms with Crippen LogP contribution >= 0.6 is 0 Å². The molecule has 0 unspecified atom stereocenters. The maximum absolute atomic E-state index is 6.97. The van der Waals surface area contributed by atoms with Crippen molar-refractivity contribution >= 4 is 85.2 Å². The number of hydrogen-bond acceptors (Lipinski definition) is 4. The summed E-state index contributed by atoms with van der Waals surface area (Å²) < 4.78 is 6.97. The molecule has 2 aliphatic rings. The summed E-state index contributed by atoms with van der Waals surface area (Å²) in [5.74, 6) is 0. The molecule has 0 atom stereocenters. The van der Waals surface area contributed by atoms with E-state index in [4.69, 9.17) is 4.42 Å². The number of fused-ring (bicyclic) bond motifs is 8. The first-order chi connectivity index (χ1) is 39.9. The Labute approximate surface area is 499 Å². The van der Waals surface area contributed by atoms with Crippen molar-refractivity contribution in [1.82, 2.24) is 0 Å². The summed E-state index contributed by atoms with van der Waals surface area (Å²) in [5.41, 5.74) is 29.3. The lowest BCUT2D eigenvalue weighted by Gasteiger charge is -2.47. The summed E-state index contributed by atoms with van der Waals surface area (Å²) in [6, 6.07) is 76.4. The van der Waals surface area contributed by atoms with Crippen molar-refractivity contribution < 1.29 is 4.42 Å². The maximum Gasteiger partial charge on any atom is 0.333 e. The van der Waals surface area contributed by atoms with Crippen LogP contribution in [0, 0.1) is 20.8 Å². The fourth-order valence-electron chi connectivity index (χ4n) is 13.6. The van der Waals surface area contributed by atoms with E-state index < -0.39 is 0 Å². The summed E-state index contributed by atoms with van der Waals surface area (Å²) in [6.07, 6.45) is 0. The van der Waals surface area contributed by atoms with E-state index in [0.29, 0.717) is 0 Å². The van der Waals surface area contributed by atoms with Crippen molar-refractivity contribution in [3.8, 4) is 33.4 Å². The Morgan fingerprint density at radius 3 is 1.51 bits per heavy atom. The van der Waals surface area contributed by atoms with E-state index in [9.17, 15) is 0 Å². The van der Waals surface area contributed by atoms with Gasteiger partial charge in [0.25, 0.3) is 0 Å². The molecule has 3 heterocycles. The molecule has 2 aliphatic heterocycles. The first-order valence-electron chi connectivity index (χ1n) is 30.2. The highest BCUT2D eigenvalue weighted by atomic mass is 16.3. The number of nitrogens with zero attached hydrogens (tertiary/aromatic N) is 3. The Balaban J connectivity index is 1.18. The van der Waals surface area contributed by atoms with E-state index in [0.717, 1.165) is 67.4 Å². The van der Waals surface area contributed by atoms with Crippen LogP contribution in [0.15, 0.2) is 205 Å². The predicted molar refractivity (Wildman–Crippen MR) is 362 cm³/mol. The molecule has 4 nitrogen and oxygen atoms in total. The number of benzene rings is 10. The average Bonchev–Trinajstić information content (AvgIpc) is 1.02. The minimum absolute atomic E-state index is 0.00389. The predicted octanol–water partition coefficient (Wildman–Crippen LogP) is 21.2. The fourth-order valence-corrected chi connectivity index (χ4v) is 13.6. The van der Waals surface area contributed by atoms with Gasteiger partial charge in [0.05, 0.1) is 5.69 Å². The van der Waals surface area contributed by atoms with Crippen molar-refractivity contribution in [2.24, 2.45) is 0 Å². The normalized spacial score (nSPS) is 13.3. The second kappa shape index (κ2) is 19.8. The highest BCUT2D eigenvalue weighted by Crippen LogP contribution is 2.53. The van der Waals surface area contributed by atoms with Crippen molar-refractivity contribution in [1.29, 1.82) is 0 Å². The molecule has 0 saturated carbocycles. The van der Waals surface area contributed by atoms with E-state index in [1.54, 1.807) is 0 Å². The minimum Gasteiger partial charge on any atom is -0.456 e. The van der Waals surface area contributed by atoms with E-state index in [-0.39, 0.29) is 28.5 Å². The molecule has 84 heavy (non-hydrogen) atoms. The van der Waals surface area contributed by atoms with Gasteiger partial charge >= 0.3 is 6.85 Å². The summed E-state index contributed by atoms with van der Waals surface area (Å²) in [6.45, 7) is 34.1. The van der Waals surface area contributed by atoms with Crippen LogP contribution in [0.25, 0.3) is 55.3 Å². The number of rotatable bonds is 7. The lowest BCUT2D eigenvalue weighted by molar-refractivity contribution is 0.590. The largest absolute Gasteiger partial charge is 0.456 e. The van der Waals surface area contributed by atoms with Crippen LogP contribution in [0.4, 0.5) is 45.5 Å². The summed E-state index contributed by atoms with van der Waals surface area (Å²) in [4.78, 5) is 7.76. The van der Waals surface area contributed by atoms with Crippen LogP contribution in [0.1, 0.15) is 122 Å².